The molecule has 1 aromatic carbocycles. The van der Waals surface area contributed by atoms with Gasteiger partial charge in [0, 0.05) is 12.7 Å². The maximum absolute atomic E-state index is 13.6. The first-order chi connectivity index (χ1) is 10.4. The number of thioether (sulfide) groups is 1. The maximum Gasteiger partial charge on any atom is 0.248 e. The lowest BCUT2D eigenvalue weighted by atomic mass is 10.1. The van der Waals surface area contributed by atoms with Crippen molar-refractivity contribution in [1.82, 2.24) is 4.90 Å². The Labute approximate surface area is 134 Å². The van der Waals surface area contributed by atoms with E-state index in [1.165, 1.54) is 19.1 Å². The van der Waals surface area contributed by atoms with Gasteiger partial charge in [0.15, 0.2) is 0 Å². The SMILES string of the molecule is CC(=O)N1C(CC(C)C)SCC1C(=O)Nc1ccccc1F. The number of nitrogens with one attached hydrogen (secondary N) is 1. The van der Waals surface area contributed by atoms with E-state index in [1.54, 1.807) is 28.8 Å². The topological polar surface area (TPSA) is 49.4 Å². The minimum Gasteiger partial charge on any atom is -0.322 e. The van der Waals surface area contributed by atoms with Crippen molar-refractivity contribution < 1.29 is 14.0 Å². The number of carbonyl (C=O) groups is 2. The second-order valence-electron chi connectivity index (χ2n) is 5.83. The molecule has 0 bridgehead atoms. The lowest BCUT2D eigenvalue weighted by Crippen LogP contribution is -2.47. The van der Waals surface area contributed by atoms with E-state index in [0.29, 0.717) is 11.7 Å². The largest absolute Gasteiger partial charge is 0.322 e. The molecule has 0 saturated carbocycles. The van der Waals surface area contributed by atoms with Gasteiger partial charge in [-0.15, -0.1) is 11.8 Å². The van der Waals surface area contributed by atoms with Crippen LogP contribution in [-0.4, -0.2) is 33.9 Å². The number of para-hydroxylation sites is 1. The molecule has 0 radical (unpaired) electrons. The number of anilines is 1. The van der Waals surface area contributed by atoms with Crippen LogP contribution in [0.1, 0.15) is 27.2 Å². The summed E-state index contributed by atoms with van der Waals surface area (Å²) in [5, 5.41) is 2.60. The van der Waals surface area contributed by atoms with Crippen LogP contribution in [0.4, 0.5) is 10.1 Å². The molecule has 1 saturated heterocycles. The molecule has 22 heavy (non-hydrogen) atoms. The second kappa shape index (κ2) is 7.13. The summed E-state index contributed by atoms with van der Waals surface area (Å²) in [6.07, 6.45) is 0.841. The summed E-state index contributed by atoms with van der Waals surface area (Å²) in [6.45, 7) is 5.65. The van der Waals surface area contributed by atoms with Crippen molar-refractivity contribution in [3.8, 4) is 0 Å². The summed E-state index contributed by atoms with van der Waals surface area (Å²) >= 11 is 1.61. The van der Waals surface area contributed by atoms with Crippen LogP contribution in [0.15, 0.2) is 24.3 Å². The predicted molar refractivity (Wildman–Crippen MR) is 87.0 cm³/mol. The van der Waals surface area contributed by atoms with Gasteiger partial charge in [-0.1, -0.05) is 26.0 Å². The minimum atomic E-state index is -0.550. The summed E-state index contributed by atoms with van der Waals surface area (Å²) in [4.78, 5) is 26.0. The number of halogens is 1. The first kappa shape index (κ1) is 16.8. The molecule has 4 nitrogen and oxygen atoms in total. The van der Waals surface area contributed by atoms with Crippen LogP contribution < -0.4 is 5.32 Å². The van der Waals surface area contributed by atoms with Crippen molar-refractivity contribution >= 4 is 29.3 Å². The maximum atomic E-state index is 13.6. The van der Waals surface area contributed by atoms with Crippen molar-refractivity contribution in [3.05, 3.63) is 30.1 Å². The van der Waals surface area contributed by atoms with Crippen molar-refractivity contribution in [2.45, 2.75) is 38.6 Å². The van der Waals surface area contributed by atoms with Crippen LogP contribution in [-0.2, 0) is 9.59 Å². The third-order valence-electron chi connectivity index (χ3n) is 3.56. The lowest BCUT2D eigenvalue weighted by molar-refractivity contribution is -0.136. The van der Waals surface area contributed by atoms with Gasteiger partial charge < -0.3 is 10.2 Å². The van der Waals surface area contributed by atoms with Gasteiger partial charge in [-0.2, -0.15) is 0 Å². The van der Waals surface area contributed by atoms with Gasteiger partial charge in [0.05, 0.1) is 11.1 Å². The van der Waals surface area contributed by atoms with E-state index < -0.39 is 11.9 Å². The molecule has 2 unspecified atom stereocenters. The fourth-order valence-corrected chi connectivity index (χ4v) is 4.24. The van der Waals surface area contributed by atoms with Gasteiger partial charge in [-0.3, -0.25) is 9.59 Å². The molecule has 2 amide bonds. The van der Waals surface area contributed by atoms with E-state index in [4.69, 9.17) is 0 Å². The van der Waals surface area contributed by atoms with E-state index >= 15 is 0 Å². The second-order valence-corrected chi connectivity index (χ2v) is 7.04. The highest BCUT2D eigenvalue weighted by Gasteiger charge is 2.40. The fraction of sp³-hybridized carbons (Fsp3) is 0.500. The minimum absolute atomic E-state index is 0.00821. The van der Waals surface area contributed by atoms with Crippen LogP contribution in [0.2, 0.25) is 0 Å². The number of rotatable bonds is 4. The molecular weight excluding hydrogens is 303 g/mol. The summed E-state index contributed by atoms with van der Waals surface area (Å²) in [5.41, 5.74) is 0.147. The van der Waals surface area contributed by atoms with Gasteiger partial charge >= 0.3 is 0 Å². The summed E-state index contributed by atoms with van der Waals surface area (Å²) in [5.74, 6) is 0.0442. The first-order valence-electron chi connectivity index (χ1n) is 7.36. The molecule has 120 valence electrons. The summed E-state index contributed by atoms with van der Waals surface area (Å²) in [7, 11) is 0. The molecule has 1 aliphatic rings. The number of amides is 2. The normalized spacial score (nSPS) is 21.2. The Balaban J connectivity index is 2.11. The zero-order chi connectivity index (χ0) is 16.3. The van der Waals surface area contributed by atoms with Crippen molar-refractivity contribution in [2.75, 3.05) is 11.1 Å². The van der Waals surface area contributed by atoms with Gasteiger partial charge in [0.2, 0.25) is 11.8 Å². The quantitative estimate of drug-likeness (QED) is 0.926. The predicted octanol–water partition coefficient (Wildman–Crippen LogP) is 3.10. The van der Waals surface area contributed by atoms with Gasteiger partial charge in [0.25, 0.3) is 0 Å². The zero-order valence-corrected chi connectivity index (χ0v) is 13.8. The lowest BCUT2D eigenvalue weighted by Gasteiger charge is -2.28. The van der Waals surface area contributed by atoms with Crippen LogP contribution in [0.3, 0.4) is 0 Å². The highest BCUT2D eigenvalue weighted by atomic mass is 32.2. The van der Waals surface area contributed by atoms with E-state index in [-0.39, 0.29) is 22.9 Å². The van der Waals surface area contributed by atoms with Crippen molar-refractivity contribution in [3.63, 3.8) is 0 Å². The van der Waals surface area contributed by atoms with Gasteiger partial charge in [0.1, 0.15) is 11.9 Å². The fourth-order valence-electron chi connectivity index (χ4n) is 2.55. The molecule has 0 aromatic heterocycles. The summed E-state index contributed by atoms with van der Waals surface area (Å²) in [6, 6.07) is 5.48. The Kier molecular flexibility index (Phi) is 5.45. The molecule has 6 heteroatoms. The standard InChI is InChI=1S/C16H21FN2O2S/c1-10(2)8-15-19(11(3)20)14(9-22-15)16(21)18-13-7-5-4-6-12(13)17/h4-7,10,14-15H,8-9H2,1-3H3,(H,18,21). The van der Waals surface area contributed by atoms with Crippen LogP contribution in [0.25, 0.3) is 0 Å². The van der Waals surface area contributed by atoms with E-state index in [9.17, 15) is 14.0 Å². The molecule has 2 atom stereocenters. The average Bonchev–Trinajstić information content (AvgIpc) is 2.84. The van der Waals surface area contributed by atoms with Crippen LogP contribution >= 0.6 is 11.8 Å². The molecule has 1 aliphatic heterocycles. The van der Waals surface area contributed by atoms with Crippen LogP contribution in [0, 0.1) is 11.7 Å². The molecule has 1 fully saturated rings. The third kappa shape index (κ3) is 3.80. The van der Waals surface area contributed by atoms with E-state index in [0.717, 1.165) is 6.42 Å². The molecular formula is C16H21FN2O2S. The van der Waals surface area contributed by atoms with Crippen LogP contribution in [0.5, 0.6) is 0 Å². The molecule has 0 spiro atoms. The Morgan fingerprint density at radius 3 is 2.68 bits per heavy atom. The van der Waals surface area contributed by atoms with Gasteiger partial charge in [-0.05, 0) is 24.5 Å². The zero-order valence-electron chi connectivity index (χ0n) is 13.0. The number of nitrogens with zero attached hydrogens (tertiary/aromatic N) is 1. The van der Waals surface area contributed by atoms with Crippen molar-refractivity contribution in [1.29, 1.82) is 0 Å². The van der Waals surface area contributed by atoms with E-state index in [2.05, 4.69) is 19.2 Å². The Morgan fingerprint density at radius 1 is 1.41 bits per heavy atom. The monoisotopic (exact) mass is 324 g/mol. The molecule has 2 rings (SSSR count). The Hall–Kier alpha value is -1.56. The van der Waals surface area contributed by atoms with E-state index in [1.807, 2.05) is 0 Å². The molecule has 1 N–H and O–H groups in total. The third-order valence-corrected chi connectivity index (χ3v) is 4.88. The number of benzene rings is 1. The number of hydrogen-bond donors (Lipinski definition) is 1. The average molecular weight is 324 g/mol. The Morgan fingerprint density at radius 2 is 2.09 bits per heavy atom. The molecule has 0 aliphatic carbocycles. The molecule has 1 aromatic rings. The van der Waals surface area contributed by atoms with Gasteiger partial charge in [-0.25, -0.2) is 4.39 Å². The number of carbonyl (C=O) groups excluding carboxylic acids is 2. The van der Waals surface area contributed by atoms with Crippen molar-refractivity contribution in [2.24, 2.45) is 5.92 Å². The highest BCUT2D eigenvalue weighted by Crippen LogP contribution is 2.34. The Bertz CT molecular complexity index is 565. The highest BCUT2D eigenvalue weighted by molar-refractivity contribution is 8.00. The first-order valence-corrected chi connectivity index (χ1v) is 8.41. The number of hydrogen-bond acceptors (Lipinski definition) is 3. The smallest absolute Gasteiger partial charge is 0.248 e. The summed E-state index contributed by atoms with van der Waals surface area (Å²) < 4.78 is 13.6. The molecule has 1 heterocycles.